The van der Waals surface area contributed by atoms with Crippen LogP contribution in [-0.2, 0) is 4.79 Å². The first-order valence-corrected chi connectivity index (χ1v) is 6.69. The highest BCUT2D eigenvalue weighted by molar-refractivity contribution is 7.98. The van der Waals surface area contributed by atoms with Crippen LogP contribution in [-0.4, -0.2) is 36.2 Å². The Bertz CT molecular complexity index is 371. The lowest BCUT2D eigenvalue weighted by Crippen LogP contribution is -2.30. The van der Waals surface area contributed by atoms with Crippen molar-refractivity contribution in [1.29, 1.82) is 0 Å². The SMILES string of the molecule is COc1ccccc1NC(CCSC)C(=O)O. The van der Waals surface area contributed by atoms with E-state index in [1.165, 1.54) is 0 Å². The molecular weight excluding hydrogens is 238 g/mol. The largest absolute Gasteiger partial charge is 0.495 e. The van der Waals surface area contributed by atoms with E-state index in [0.29, 0.717) is 17.9 Å². The lowest BCUT2D eigenvalue weighted by molar-refractivity contribution is -0.137. The van der Waals surface area contributed by atoms with Gasteiger partial charge in [-0.3, -0.25) is 0 Å². The molecule has 0 amide bonds. The molecule has 1 atom stereocenters. The smallest absolute Gasteiger partial charge is 0.326 e. The molecule has 0 saturated heterocycles. The Morgan fingerprint density at radius 2 is 2.24 bits per heavy atom. The van der Waals surface area contributed by atoms with Crippen molar-refractivity contribution in [3.05, 3.63) is 24.3 Å². The molecule has 0 spiro atoms. The van der Waals surface area contributed by atoms with E-state index >= 15 is 0 Å². The number of ether oxygens (including phenoxy) is 1. The number of nitrogens with one attached hydrogen (secondary N) is 1. The Hall–Kier alpha value is -1.36. The minimum atomic E-state index is -0.843. The van der Waals surface area contributed by atoms with Gasteiger partial charge in [0.2, 0.25) is 0 Å². The maximum absolute atomic E-state index is 11.1. The van der Waals surface area contributed by atoms with Gasteiger partial charge in [-0.05, 0) is 30.6 Å². The summed E-state index contributed by atoms with van der Waals surface area (Å²) in [6, 6.07) is 6.72. The third-order valence-electron chi connectivity index (χ3n) is 2.35. The summed E-state index contributed by atoms with van der Waals surface area (Å²) in [5.41, 5.74) is 0.712. The molecule has 0 radical (unpaired) electrons. The Balaban J connectivity index is 2.74. The van der Waals surface area contributed by atoms with Gasteiger partial charge < -0.3 is 15.2 Å². The number of para-hydroxylation sites is 2. The van der Waals surface area contributed by atoms with E-state index in [-0.39, 0.29) is 0 Å². The van der Waals surface area contributed by atoms with Gasteiger partial charge in [0, 0.05) is 0 Å². The molecule has 0 fully saturated rings. The predicted molar refractivity (Wildman–Crippen MR) is 71.0 cm³/mol. The Morgan fingerprint density at radius 1 is 1.53 bits per heavy atom. The number of hydrogen-bond donors (Lipinski definition) is 2. The van der Waals surface area contributed by atoms with Gasteiger partial charge in [0.25, 0.3) is 0 Å². The zero-order valence-electron chi connectivity index (χ0n) is 9.97. The third kappa shape index (κ3) is 4.19. The lowest BCUT2D eigenvalue weighted by atomic mass is 10.2. The lowest BCUT2D eigenvalue weighted by Gasteiger charge is -2.17. The van der Waals surface area contributed by atoms with Crippen LogP contribution in [0, 0.1) is 0 Å². The second-order valence-electron chi connectivity index (χ2n) is 3.52. The van der Waals surface area contributed by atoms with Crippen LogP contribution >= 0.6 is 11.8 Å². The van der Waals surface area contributed by atoms with E-state index < -0.39 is 12.0 Å². The number of rotatable bonds is 7. The molecule has 1 unspecified atom stereocenters. The summed E-state index contributed by atoms with van der Waals surface area (Å²) in [5, 5.41) is 12.1. The molecule has 0 saturated carbocycles. The van der Waals surface area contributed by atoms with Crippen LogP contribution in [0.15, 0.2) is 24.3 Å². The molecule has 17 heavy (non-hydrogen) atoms. The number of hydrogen-bond acceptors (Lipinski definition) is 4. The minimum Gasteiger partial charge on any atom is -0.495 e. The maximum Gasteiger partial charge on any atom is 0.326 e. The van der Waals surface area contributed by atoms with Crippen molar-refractivity contribution in [2.24, 2.45) is 0 Å². The summed E-state index contributed by atoms with van der Waals surface area (Å²) in [4.78, 5) is 11.1. The molecule has 0 aromatic heterocycles. The molecule has 2 N–H and O–H groups in total. The number of carboxylic acids is 1. The minimum absolute atomic E-state index is 0.578. The second-order valence-corrected chi connectivity index (χ2v) is 4.50. The summed E-state index contributed by atoms with van der Waals surface area (Å²) < 4.78 is 5.17. The summed E-state index contributed by atoms with van der Waals surface area (Å²) >= 11 is 1.63. The summed E-state index contributed by atoms with van der Waals surface area (Å²) in [7, 11) is 1.57. The molecule has 0 bridgehead atoms. The van der Waals surface area contributed by atoms with Crippen molar-refractivity contribution in [2.45, 2.75) is 12.5 Å². The Labute approximate surface area is 105 Å². The molecular formula is C12H17NO3S. The van der Waals surface area contributed by atoms with Crippen molar-refractivity contribution in [3.63, 3.8) is 0 Å². The monoisotopic (exact) mass is 255 g/mol. The molecule has 1 aromatic rings. The van der Waals surface area contributed by atoms with Crippen LogP contribution in [0.1, 0.15) is 6.42 Å². The highest BCUT2D eigenvalue weighted by atomic mass is 32.2. The van der Waals surface area contributed by atoms with Crippen LogP contribution in [0.2, 0.25) is 0 Å². The first kappa shape index (κ1) is 13.7. The molecule has 0 aliphatic rings. The van der Waals surface area contributed by atoms with Gasteiger partial charge >= 0.3 is 5.97 Å². The van der Waals surface area contributed by atoms with Gasteiger partial charge in [-0.1, -0.05) is 12.1 Å². The van der Waals surface area contributed by atoms with Crippen LogP contribution in [0.3, 0.4) is 0 Å². The van der Waals surface area contributed by atoms with Gasteiger partial charge in [0.05, 0.1) is 12.8 Å². The van der Waals surface area contributed by atoms with Gasteiger partial charge in [0.15, 0.2) is 0 Å². The number of anilines is 1. The molecule has 94 valence electrons. The summed E-state index contributed by atoms with van der Waals surface area (Å²) in [6.45, 7) is 0. The van der Waals surface area contributed by atoms with E-state index in [1.54, 1.807) is 24.9 Å². The van der Waals surface area contributed by atoms with E-state index in [2.05, 4.69) is 5.32 Å². The fourth-order valence-electron chi connectivity index (χ4n) is 1.44. The van der Waals surface area contributed by atoms with Gasteiger partial charge in [-0.15, -0.1) is 0 Å². The number of aliphatic carboxylic acids is 1. The molecule has 1 aromatic carbocycles. The number of carboxylic acid groups (broad SMARTS) is 1. The fourth-order valence-corrected chi connectivity index (χ4v) is 1.92. The molecule has 4 nitrogen and oxygen atoms in total. The normalized spacial score (nSPS) is 11.9. The van der Waals surface area contributed by atoms with Crippen molar-refractivity contribution in [1.82, 2.24) is 0 Å². The Kier molecular flexibility index (Phi) is 5.69. The highest BCUT2D eigenvalue weighted by Crippen LogP contribution is 2.24. The van der Waals surface area contributed by atoms with Crippen molar-refractivity contribution >= 4 is 23.4 Å². The van der Waals surface area contributed by atoms with Gasteiger partial charge in [0.1, 0.15) is 11.8 Å². The first-order valence-electron chi connectivity index (χ1n) is 5.30. The highest BCUT2D eigenvalue weighted by Gasteiger charge is 2.17. The number of benzene rings is 1. The molecule has 5 heteroatoms. The summed E-state index contributed by atoms with van der Waals surface area (Å²) in [5.74, 6) is 0.618. The van der Waals surface area contributed by atoms with Gasteiger partial charge in [-0.25, -0.2) is 4.79 Å². The number of methoxy groups -OCH3 is 1. The zero-order valence-corrected chi connectivity index (χ0v) is 10.8. The van der Waals surface area contributed by atoms with E-state index in [9.17, 15) is 4.79 Å². The molecule has 1 rings (SSSR count). The van der Waals surface area contributed by atoms with Crippen LogP contribution in [0.25, 0.3) is 0 Å². The standard InChI is InChI=1S/C12H17NO3S/c1-16-11-6-4-3-5-9(11)13-10(12(14)15)7-8-17-2/h3-6,10,13H,7-8H2,1-2H3,(H,14,15). The fraction of sp³-hybridized carbons (Fsp3) is 0.417. The average molecular weight is 255 g/mol. The average Bonchev–Trinajstić information content (AvgIpc) is 2.34. The van der Waals surface area contributed by atoms with Crippen LogP contribution < -0.4 is 10.1 Å². The molecule has 0 heterocycles. The zero-order chi connectivity index (χ0) is 12.7. The molecule has 0 aliphatic heterocycles. The van der Waals surface area contributed by atoms with E-state index in [4.69, 9.17) is 9.84 Å². The van der Waals surface area contributed by atoms with E-state index in [1.807, 2.05) is 24.5 Å². The van der Waals surface area contributed by atoms with Crippen molar-refractivity contribution < 1.29 is 14.6 Å². The number of thioether (sulfide) groups is 1. The van der Waals surface area contributed by atoms with E-state index in [0.717, 1.165) is 5.75 Å². The van der Waals surface area contributed by atoms with Crippen LogP contribution in [0.5, 0.6) is 5.75 Å². The predicted octanol–water partition coefficient (Wildman–Crippen LogP) is 2.31. The van der Waals surface area contributed by atoms with Crippen molar-refractivity contribution in [3.8, 4) is 5.75 Å². The third-order valence-corrected chi connectivity index (χ3v) is 2.99. The maximum atomic E-state index is 11.1. The Morgan fingerprint density at radius 3 is 2.82 bits per heavy atom. The van der Waals surface area contributed by atoms with Crippen molar-refractivity contribution in [2.75, 3.05) is 24.4 Å². The summed E-state index contributed by atoms with van der Waals surface area (Å²) in [6.07, 6.45) is 2.54. The molecule has 0 aliphatic carbocycles. The number of carbonyl (C=O) groups is 1. The topological polar surface area (TPSA) is 58.6 Å². The van der Waals surface area contributed by atoms with Crippen LogP contribution in [0.4, 0.5) is 5.69 Å². The van der Waals surface area contributed by atoms with Gasteiger partial charge in [-0.2, -0.15) is 11.8 Å². The second kappa shape index (κ2) is 7.06. The first-order chi connectivity index (χ1) is 8.19. The quantitative estimate of drug-likeness (QED) is 0.783.